The number of nitrogens with one attached hydrogen (secondary N) is 2. The van der Waals surface area contributed by atoms with Crippen molar-refractivity contribution in [3.63, 3.8) is 0 Å². The summed E-state index contributed by atoms with van der Waals surface area (Å²) in [4.78, 5) is 23.3. The Hall–Kier alpha value is -1.10. The van der Waals surface area contributed by atoms with Crippen LogP contribution >= 0.6 is 0 Å². The zero-order valence-corrected chi connectivity index (χ0v) is 13.6. The maximum atomic E-state index is 12.1. The number of carbonyl (C=O) groups is 2. The van der Waals surface area contributed by atoms with Gasteiger partial charge in [0.15, 0.2) is 0 Å². The Kier molecular flexibility index (Phi) is 7.15. The van der Waals surface area contributed by atoms with Crippen LogP contribution in [0.2, 0.25) is 0 Å². The summed E-state index contributed by atoms with van der Waals surface area (Å²) in [6.07, 6.45) is 6.61. The van der Waals surface area contributed by atoms with E-state index in [1.54, 1.807) is 0 Å². The van der Waals surface area contributed by atoms with Crippen molar-refractivity contribution in [1.82, 2.24) is 10.6 Å². The van der Waals surface area contributed by atoms with Crippen molar-refractivity contribution >= 4 is 11.9 Å². The third-order valence-corrected chi connectivity index (χ3v) is 4.49. The number of amides is 1. The van der Waals surface area contributed by atoms with Gasteiger partial charge in [-0.15, -0.1) is 0 Å². The van der Waals surface area contributed by atoms with E-state index >= 15 is 0 Å². The van der Waals surface area contributed by atoms with E-state index < -0.39 is 11.9 Å². The van der Waals surface area contributed by atoms with Crippen LogP contribution in [0, 0.1) is 11.8 Å². The molecule has 1 aliphatic rings. The Morgan fingerprint density at radius 2 is 1.81 bits per heavy atom. The van der Waals surface area contributed by atoms with Crippen LogP contribution in [0.25, 0.3) is 0 Å². The number of aliphatic carboxylic acids is 1. The van der Waals surface area contributed by atoms with Gasteiger partial charge in [0.25, 0.3) is 0 Å². The average molecular weight is 298 g/mol. The van der Waals surface area contributed by atoms with E-state index in [9.17, 15) is 14.7 Å². The molecule has 1 atom stereocenters. The van der Waals surface area contributed by atoms with Gasteiger partial charge in [0, 0.05) is 18.5 Å². The van der Waals surface area contributed by atoms with Gasteiger partial charge in [-0.25, -0.2) is 0 Å². The molecular formula is C16H30N2O3. The van der Waals surface area contributed by atoms with Crippen LogP contribution in [0.1, 0.15) is 58.8 Å². The first-order chi connectivity index (χ1) is 9.88. The summed E-state index contributed by atoms with van der Waals surface area (Å²) < 4.78 is 0. The molecule has 1 rings (SSSR count). The van der Waals surface area contributed by atoms with E-state index in [0.717, 1.165) is 25.7 Å². The first kappa shape index (κ1) is 18.0. The van der Waals surface area contributed by atoms with Crippen LogP contribution in [-0.4, -0.2) is 36.1 Å². The molecule has 1 saturated carbocycles. The van der Waals surface area contributed by atoms with Gasteiger partial charge in [-0.2, -0.15) is 0 Å². The molecule has 0 aliphatic heterocycles. The summed E-state index contributed by atoms with van der Waals surface area (Å²) >= 11 is 0. The second-order valence-corrected chi connectivity index (χ2v) is 6.74. The van der Waals surface area contributed by atoms with Crippen LogP contribution < -0.4 is 10.6 Å². The standard InChI is InChI=1S/C16H30N2O3/c1-12(2)9-13(15(20)21)11-18-14(19)10-16(17-3)7-5-4-6-8-16/h12-13,17H,4-11H2,1-3H3,(H,18,19)(H,20,21). The van der Waals surface area contributed by atoms with Crippen LogP contribution in [0.15, 0.2) is 0 Å². The Bertz CT molecular complexity index is 349. The molecule has 0 aromatic heterocycles. The van der Waals surface area contributed by atoms with Crippen LogP contribution in [0.5, 0.6) is 0 Å². The fourth-order valence-electron chi connectivity index (χ4n) is 3.19. The van der Waals surface area contributed by atoms with Gasteiger partial charge in [-0.05, 0) is 32.2 Å². The van der Waals surface area contributed by atoms with Crippen molar-refractivity contribution in [3.05, 3.63) is 0 Å². The summed E-state index contributed by atoms with van der Waals surface area (Å²) in [5, 5.41) is 15.3. The zero-order valence-electron chi connectivity index (χ0n) is 13.6. The summed E-state index contributed by atoms with van der Waals surface area (Å²) in [7, 11) is 1.91. The molecule has 1 unspecified atom stereocenters. The van der Waals surface area contributed by atoms with Gasteiger partial charge in [0.05, 0.1) is 5.92 Å². The molecule has 0 aromatic rings. The largest absolute Gasteiger partial charge is 0.481 e. The monoisotopic (exact) mass is 298 g/mol. The summed E-state index contributed by atoms with van der Waals surface area (Å²) in [5.41, 5.74) is -0.0981. The molecule has 21 heavy (non-hydrogen) atoms. The maximum absolute atomic E-state index is 12.1. The summed E-state index contributed by atoms with van der Waals surface area (Å²) in [6, 6.07) is 0. The predicted molar refractivity (Wildman–Crippen MR) is 83.1 cm³/mol. The van der Waals surface area contributed by atoms with Crippen molar-refractivity contribution in [2.75, 3.05) is 13.6 Å². The molecule has 0 aromatic carbocycles. The molecule has 1 aliphatic carbocycles. The third kappa shape index (κ3) is 6.04. The van der Waals surface area contributed by atoms with Crippen LogP contribution in [-0.2, 0) is 9.59 Å². The van der Waals surface area contributed by atoms with Crippen molar-refractivity contribution in [2.45, 2.75) is 64.3 Å². The molecule has 122 valence electrons. The Morgan fingerprint density at radius 3 is 2.29 bits per heavy atom. The molecule has 0 radical (unpaired) electrons. The quantitative estimate of drug-likeness (QED) is 0.641. The molecular weight excluding hydrogens is 268 g/mol. The second-order valence-electron chi connectivity index (χ2n) is 6.74. The first-order valence-electron chi connectivity index (χ1n) is 8.07. The van der Waals surface area contributed by atoms with Gasteiger partial charge >= 0.3 is 5.97 Å². The second kappa shape index (κ2) is 8.37. The van der Waals surface area contributed by atoms with E-state index in [1.807, 2.05) is 20.9 Å². The van der Waals surface area contributed by atoms with Gasteiger partial charge in [-0.1, -0.05) is 33.1 Å². The highest BCUT2D eigenvalue weighted by Gasteiger charge is 2.32. The molecule has 1 fully saturated rings. The topological polar surface area (TPSA) is 78.4 Å². The van der Waals surface area contributed by atoms with Gasteiger partial charge in [0.1, 0.15) is 0 Å². The fourth-order valence-corrected chi connectivity index (χ4v) is 3.19. The van der Waals surface area contributed by atoms with E-state index in [4.69, 9.17) is 0 Å². The minimum absolute atomic E-state index is 0.0405. The Morgan fingerprint density at radius 1 is 1.19 bits per heavy atom. The molecule has 0 bridgehead atoms. The van der Waals surface area contributed by atoms with E-state index in [-0.39, 0.29) is 18.0 Å². The predicted octanol–water partition coefficient (Wildman–Crippen LogP) is 2.16. The lowest BCUT2D eigenvalue weighted by Crippen LogP contribution is -2.48. The lowest BCUT2D eigenvalue weighted by atomic mass is 9.79. The van der Waals surface area contributed by atoms with E-state index in [1.165, 1.54) is 6.42 Å². The SMILES string of the molecule is CNC1(CC(=O)NCC(CC(C)C)C(=O)O)CCCCC1. The number of hydrogen-bond donors (Lipinski definition) is 3. The molecule has 3 N–H and O–H groups in total. The normalized spacial score (nSPS) is 19.2. The van der Waals surface area contributed by atoms with E-state index in [0.29, 0.717) is 18.8 Å². The zero-order chi connectivity index (χ0) is 15.9. The van der Waals surface area contributed by atoms with Gasteiger partial charge in [0.2, 0.25) is 5.91 Å². The molecule has 0 heterocycles. The highest BCUT2D eigenvalue weighted by Crippen LogP contribution is 2.30. The minimum atomic E-state index is -0.829. The maximum Gasteiger partial charge on any atom is 0.308 e. The highest BCUT2D eigenvalue weighted by atomic mass is 16.4. The molecule has 0 spiro atoms. The lowest BCUT2D eigenvalue weighted by molar-refractivity contribution is -0.142. The Labute approximate surface area is 127 Å². The average Bonchev–Trinajstić information content (AvgIpc) is 2.43. The smallest absolute Gasteiger partial charge is 0.308 e. The van der Waals surface area contributed by atoms with E-state index in [2.05, 4.69) is 10.6 Å². The molecule has 0 saturated heterocycles. The van der Waals surface area contributed by atoms with Gasteiger partial charge in [-0.3, -0.25) is 9.59 Å². The van der Waals surface area contributed by atoms with Crippen molar-refractivity contribution in [1.29, 1.82) is 0 Å². The number of carbonyl (C=O) groups excluding carboxylic acids is 1. The number of hydrogen-bond acceptors (Lipinski definition) is 3. The first-order valence-corrected chi connectivity index (χ1v) is 8.07. The van der Waals surface area contributed by atoms with Crippen molar-refractivity contribution in [2.24, 2.45) is 11.8 Å². The lowest BCUT2D eigenvalue weighted by Gasteiger charge is -2.36. The van der Waals surface area contributed by atoms with Crippen LogP contribution in [0.3, 0.4) is 0 Å². The summed E-state index contributed by atoms with van der Waals surface area (Å²) in [5.74, 6) is -1.05. The highest BCUT2D eigenvalue weighted by molar-refractivity contribution is 5.78. The number of carboxylic acid groups (broad SMARTS) is 1. The third-order valence-electron chi connectivity index (χ3n) is 4.49. The van der Waals surface area contributed by atoms with Crippen molar-refractivity contribution in [3.8, 4) is 0 Å². The molecule has 5 heteroatoms. The van der Waals surface area contributed by atoms with Crippen LogP contribution in [0.4, 0.5) is 0 Å². The summed E-state index contributed by atoms with van der Waals surface area (Å²) in [6.45, 7) is 4.22. The van der Waals surface area contributed by atoms with Crippen molar-refractivity contribution < 1.29 is 14.7 Å². The fraction of sp³-hybridized carbons (Fsp3) is 0.875. The minimum Gasteiger partial charge on any atom is -0.481 e. The molecule has 1 amide bonds. The van der Waals surface area contributed by atoms with Gasteiger partial charge < -0.3 is 15.7 Å². The number of carboxylic acids is 1. The Balaban J connectivity index is 2.46. The molecule has 5 nitrogen and oxygen atoms in total. The number of rotatable bonds is 8.